The predicted octanol–water partition coefficient (Wildman–Crippen LogP) is 2.29. The van der Waals surface area contributed by atoms with Gasteiger partial charge in [-0.25, -0.2) is 22.1 Å². The standard InChI is InChI=1S/C16H23BF3NO2S/c1-13(2,3)24(23)21-15(6,16(19,20)14(4,5)22)11-9-10(17)7-8-12(11)18/h7-9,21-22H,1-6H3. The molecule has 134 valence electrons. The van der Waals surface area contributed by atoms with Crippen molar-refractivity contribution in [2.45, 2.75) is 63.4 Å². The lowest BCUT2D eigenvalue weighted by Crippen LogP contribution is -2.64. The summed E-state index contributed by atoms with van der Waals surface area (Å²) < 4.78 is 58.4. The number of rotatable bonds is 5. The predicted molar refractivity (Wildman–Crippen MR) is 91.4 cm³/mol. The molecule has 2 radical (unpaired) electrons. The van der Waals surface area contributed by atoms with Crippen molar-refractivity contribution in [1.29, 1.82) is 0 Å². The van der Waals surface area contributed by atoms with Crippen LogP contribution in [0.25, 0.3) is 0 Å². The minimum absolute atomic E-state index is 0.0764. The van der Waals surface area contributed by atoms with Crippen LogP contribution >= 0.6 is 0 Å². The number of nitrogens with one attached hydrogen (secondary N) is 1. The number of hydrogen-bond acceptors (Lipinski definition) is 2. The molecule has 0 bridgehead atoms. The highest BCUT2D eigenvalue weighted by atomic mass is 32.2. The van der Waals surface area contributed by atoms with E-state index >= 15 is 8.78 Å². The molecule has 8 heteroatoms. The first kappa shape index (κ1) is 21.2. The van der Waals surface area contributed by atoms with Gasteiger partial charge in [0, 0.05) is 5.56 Å². The van der Waals surface area contributed by atoms with Crippen LogP contribution in [-0.2, 0) is 16.5 Å². The Morgan fingerprint density at radius 3 is 2.04 bits per heavy atom. The van der Waals surface area contributed by atoms with Gasteiger partial charge in [-0.05, 0) is 47.6 Å². The lowest BCUT2D eigenvalue weighted by Gasteiger charge is -2.45. The Kier molecular flexibility index (Phi) is 5.70. The van der Waals surface area contributed by atoms with Crippen LogP contribution in [0.4, 0.5) is 13.2 Å². The van der Waals surface area contributed by atoms with Crippen LogP contribution in [0, 0.1) is 5.82 Å². The molecular formula is C16H23BF3NO2S. The van der Waals surface area contributed by atoms with Gasteiger partial charge in [-0.3, -0.25) is 0 Å². The molecule has 1 aromatic rings. The third-order valence-electron chi connectivity index (χ3n) is 3.78. The van der Waals surface area contributed by atoms with Gasteiger partial charge in [-0.2, -0.15) is 0 Å². The molecule has 3 nitrogen and oxygen atoms in total. The van der Waals surface area contributed by atoms with E-state index in [4.69, 9.17) is 7.85 Å². The normalized spacial score (nSPS) is 17.4. The summed E-state index contributed by atoms with van der Waals surface area (Å²) in [5, 5.41) is 9.98. The fourth-order valence-corrected chi connectivity index (χ4v) is 3.08. The summed E-state index contributed by atoms with van der Waals surface area (Å²) in [4.78, 5) is 0. The molecule has 0 heterocycles. The van der Waals surface area contributed by atoms with Crippen LogP contribution in [0.5, 0.6) is 0 Å². The lowest BCUT2D eigenvalue weighted by molar-refractivity contribution is -0.206. The molecule has 0 saturated heterocycles. The van der Waals surface area contributed by atoms with Crippen LogP contribution in [0.2, 0.25) is 0 Å². The summed E-state index contributed by atoms with van der Waals surface area (Å²) in [6.07, 6.45) is 0. The molecule has 0 saturated carbocycles. The van der Waals surface area contributed by atoms with E-state index in [1.807, 2.05) is 0 Å². The molecule has 0 aliphatic heterocycles. The van der Waals surface area contributed by atoms with Crippen LogP contribution in [0.15, 0.2) is 18.2 Å². The highest BCUT2D eigenvalue weighted by molar-refractivity contribution is 7.84. The van der Waals surface area contributed by atoms with E-state index in [0.717, 1.165) is 32.9 Å². The Balaban J connectivity index is 3.64. The zero-order chi connectivity index (χ0) is 19.1. The number of hydrogen-bond donors (Lipinski definition) is 2. The van der Waals surface area contributed by atoms with Gasteiger partial charge >= 0.3 is 0 Å². The smallest absolute Gasteiger partial charge is 0.298 e. The quantitative estimate of drug-likeness (QED) is 0.791. The summed E-state index contributed by atoms with van der Waals surface area (Å²) in [6.45, 7) is 7.61. The third-order valence-corrected chi connectivity index (χ3v) is 5.48. The van der Waals surface area contributed by atoms with Crippen molar-refractivity contribution in [3.63, 3.8) is 0 Å². The maximum atomic E-state index is 15.1. The van der Waals surface area contributed by atoms with E-state index in [-0.39, 0.29) is 5.46 Å². The molecule has 2 unspecified atom stereocenters. The SMILES string of the molecule is [B]c1ccc(F)c(C(C)(NS(=O)C(C)(C)C)C(F)(F)C(C)(C)O)c1. The van der Waals surface area contributed by atoms with Gasteiger partial charge in [0.2, 0.25) is 0 Å². The van der Waals surface area contributed by atoms with Crippen molar-refractivity contribution in [2.75, 3.05) is 0 Å². The first-order valence-electron chi connectivity index (χ1n) is 7.39. The summed E-state index contributed by atoms with van der Waals surface area (Å²) in [5.74, 6) is -4.80. The third kappa shape index (κ3) is 3.86. The first-order chi connectivity index (χ1) is 10.5. The molecule has 0 aromatic heterocycles. The number of alkyl halides is 2. The Bertz CT molecular complexity index is 641. The maximum Gasteiger partial charge on any atom is 0.298 e. The monoisotopic (exact) mass is 361 g/mol. The van der Waals surface area contributed by atoms with E-state index in [1.165, 1.54) is 6.07 Å². The maximum absolute atomic E-state index is 15.1. The van der Waals surface area contributed by atoms with E-state index in [2.05, 4.69) is 4.72 Å². The average molecular weight is 361 g/mol. The molecule has 0 aliphatic rings. The fourth-order valence-electron chi connectivity index (χ4n) is 2.16. The van der Waals surface area contributed by atoms with Gasteiger partial charge in [0.25, 0.3) is 5.92 Å². The van der Waals surface area contributed by atoms with Crippen molar-refractivity contribution >= 4 is 24.3 Å². The fraction of sp³-hybridized carbons (Fsp3) is 0.625. The molecule has 0 spiro atoms. The highest BCUT2D eigenvalue weighted by Gasteiger charge is 2.62. The molecule has 0 fully saturated rings. The number of aliphatic hydroxyl groups is 1. The van der Waals surface area contributed by atoms with Crippen molar-refractivity contribution < 1.29 is 22.5 Å². The topological polar surface area (TPSA) is 49.3 Å². The van der Waals surface area contributed by atoms with E-state index in [1.54, 1.807) is 20.8 Å². The molecule has 2 N–H and O–H groups in total. The minimum atomic E-state index is -3.87. The van der Waals surface area contributed by atoms with Gasteiger partial charge in [0.15, 0.2) is 0 Å². The Morgan fingerprint density at radius 2 is 1.62 bits per heavy atom. The summed E-state index contributed by atoms with van der Waals surface area (Å²) in [5.41, 5.74) is -5.35. The van der Waals surface area contributed by atoms with Crippen LogP contribution in [0.3, 0.4) is 0 Å². The van der Waals surface area contributed by atoms with Gasteiger partial charge in [-0.15, -0.1) is 0 Å². The molecule has 1 aromatic carbocycles. The summed E-state index contributed by atoms with van der Waals surface area (Å²) >= 11 is 0. The second-order valence-electron chi connectivity index (χ2n) is 7.48. The van der Waals surface area contributed by atoms with Crippen LogP contribution < -0.4 is 10.2 Å². The van der Waals surface area contributed by atoms with Crippen molar-refractivity contribution in [2.24, 2.45) is 0 Å². The molecule has 2 atom stereocenters. The lowest BCUT2D eigenvalue weighted by atomic mass is 9.77. The number of benzene rings is 1. The van der Waals surface area contributed by atoms with Crippen LogP contribution in [-0.4, -0.2) is 33.4 Å². The zero-order valence-corrected chi connectivity index (χ0v) is 15.5. The molecule has 0 amide bonds. The van der Waals surface area contributed by atoms with Gasteiger partial charge in [0.1, 0.15) is 24.8 Å². The zero-order valence-electron chi connectivity index (χ0n) is 14.7. The van der Waals surface area contributed by atoms with Crippen molar-refractivity contribution in [1.82, 2.24) is 4.72 Å². The largest absolute Gasteiger partial charge is 0.384 e. The van der Waals surface area contributed by atoms with Crippen LogP contribution in [0.1, 0.15) is 47.1 Å². The minimum Gasteiger partial charge on any atom is -0.384 e. The summed E-state index contributed by atoms with van der Waals surface area (Å²) in [7, 11) is 3.66. The average Bonchev–Trinajstić information content (AvgIpc) is 2.38. The van der Waals surface area contributed by atoms with Crippen molar-refractivity contribution in [3.05, 3.63) is 29.6 Å². The number of halogens is 3. The Morgan fingerprint density at radius 1 is 1.12 bits per heavy atom. The van der Waals surface area contributed by atoms with E-state index in [9.17, 15) is 13.7 Å². The Hall–Kier alpha value is -0.855. The van der Waals surface area contributed by atoms with Crippen molar-refractivity contribution in [3.8, 4) is 0 Å². The van der Waals surface area contributed by atoms with Gasteiger partial charge in [0.05, 0.1) is 15.7 Å². The molecule has 24 heavy (non-hydrogen) atoms. The second kappa shape index (κ2) is 6.46. The molecule has 1 rings (SSSR count). The van der Waals surface area contributed by atoms with Gasteiger partial charge < -0.3 is 5.11 Å². The highest BCUT2D eigenvalue weighted by Crippen LogP contribution is 2.45. The Labute approximate surface area is 145 Å². The second-order valence-corrected chi connectivity index (χ2v) is 9.45. The van der Waals surface area contributed by atoms with Gasteiger partial charge in [-0.1, -0.05) is 17.6 Å². The summed E-state index contributed by atoms with van der Waals surface area (Å²) in [6, 6.07) is 3.26. The van der Waals surface area contributed by atoms with E-state index < -0.39 is 44.2 Å². The molecular weight excluding hydrogens is 338 g/mol. The first-order valence-corrected chi connectivity index (χ1v) is 8.54. The molecule has 0 aliphatic carbocycles. The van der Waals surface area contributed by atoms with E-state index in [0.29, 0.717) is 0 Å².